The number of carbonyl (C=O) groups is 1. The van der Waals surface area contributed by atoms with E-state index >= 15 is 0 Å². The smallest absolute Gasteiger partial charge is 0.410 e. The Morgan fingerprint density at radius 3 is 2.50 bits per heavy atom. The Kier molecular flexibility index (Phi) is 6.78. The number of nitrogens with zero attached hydrogens (tertiary/aromatic N) is 2. The fourth-order valence-electron chi connectivity index (χ4n) is 6.58. The van der Waals surface area contributed by atoms with Gasteiger partial charge in [-0.2, -0.15) is 0 Å². The summed E-state index contributed by atoms with van der Waals surface area (Å²) in [6.45, 7) is 11.7. The lowest BCUT2D eigenvalue weighted by molar-refractivity contribution is -0.0347. The van der Waals surface area contributed by atoms with Crippen molar-refractivity contribution in [3.05, 3.63) is 41.0 Å². The molecule has 4 aliphatic rings. The quantitative estimate of drug-likeness (QED) is 0.560. The van der Waals surface area contributed by atoms with Gasteiger partial charge in [0, 0.05) is 24.5 Å². The average Bonchev–Trinajstić information content (AvgIpc) is 3.24. The van der Waals surface area contributed by atoms with Gasteiger partial charge in [0.15, 0.2) is 0 Å². The molecular formula is C29H42N2O3. The summed E-state index contributed by atoms with van der Waals surface area (Å²) in [7, 11) is 0. The number of piperidine rings is 1. The van der Waals surface area contributed by atoms with Gasteiger partial charge in [-0.05, 0) is 95.9 Å². The van der Waals surface area contributed by atoms with Crippen molar-refractivity contribution in [1.29, 1.82) is 0 Å². The lowest BCUT2D eigenvalue weighted by Gasteiger charge is -2.48. The minimum absolute atomic E-state index is 0.142. The molecule has 4 fully saturated rings. The summed E-state index contributed by atoms with van der Waals surface area (Å²) in [4.78, 5) is 17.0. The summed E-state index contributed by atoms with van der Waals surface area (Å²) in [5, 5.41) is 0. The van der Waals surface area contributed by atoms with Crippen LogP contribution in [0.1, 0.15) is 82.8 Å². The van der Waals surface area contributed by atoms with E-state index in [1.165, 1.54) is 61.9 Å². The number of amides is 1. The molecule has 34 heavy (non-hydrogen) atoms. The molecule has 186 valence electrons. The molecule has 0 unspecified atom stereocenters. The third-order valence-electron chi connectivity index (χ3n) is 8.36. The number of carbonyl (C=O) groups excluding carboxylic acids is 1. The SMILES string of the molecule is CC(C)(C)OC(=O)N1CC2(CC[C@@H](N3CCC(c4ccccc4C=C4CCOCC4)CC3)C2)C1. The highest BCUT2D eigenvalue weighted by Gasteiger charge is 2.51. The third kappa shape index (κ3) is 5.36. The van der Waals surface area contributed by atoms with E-state index in [1.807, 2.05) is 25.7 Å². The van der Waals surface area contributed by atoms with Crippen LogP contribution in [0.5, 0.6) is 0 Å². The lowest BCUT2D eigenvalue weighted by Crippen LogP contribution is -2.58. The Morgan fingerprint density at radius 2 is 1.79 bits per heavy atom. The van der Waals surface area contributed by atoms with Gasteiger partial charge in [-0.1, -0.05) is 35.9 Å². The second-order valence-electron chi connectivity index (χ2n) is 12.1. The second-order valence-corrected chi connectivity index (χ2v) is 12.1. The molecule has 1 aromatic carbocycles. The first kappa shape index (κ1) is 23.9. The number of hydrogen-bond acceptors (Lipinski definition) is 4. The minimum atomic E-state index is -0.414. The van der Waals surface area contributed by atoms with Gasteiger partial charge in [0.05, 0.1) is 13.2 Å². The van der Waals surface area contributed by atoms with Gasteiger partial charge < -0.3 is 19.3 Å². The number of hydrogen-bond donors (Lipinski definition) is 0. The minimum Gasteiger partial charge on any atom is -0.444 e. The first-order chi connectivity index (χ1) is 16.3. The van der Waals surface area contributed by atoms with Gasteiger partial charge in [-0.3, -0.25) is 0 Å². The average molecular weight is 467 g/mol. The van der Waals surface area contributed by atoms with Crippen molar-refractivity contribution in [2.75, 3.05) is 39.4 Å². The first-order valence-corrected chi connectivity index (χ1v) is 13.4. The van der Waals surface area contributed by atoms with Crippen molar-refractivity contribution >= 4 is 12.2 Å². The Labute approximate surface area is 205 Å². The second kappa shape index (κ2) is 9.66. The molecule has 1 atom stereocenters. The fourth-order valence-corrected chi connectivity index (χ4v) is 6.58. The van der Waals surface area contributed by atoms with Gasteiger partial charge in [-0.15, -0.1) is 0 Å². The fraction of sp³-hybridized carbons (Fsp3) is 0.690. The van der Waals surface area contributed by atoms with Crippen molar-refractivity contribution in [2.24, 2.45) is 5.41 Å². The Bertz CT molecular complexity index is 896. The summed E-state index contributed by atoms with van der Waals surface area (Å²) in [6, 6.07) is 9.73. The maximum atomic E-state index is 12.4. The van der Waals surface area contributed by atoms with Crippen LogP contribution in [0.15, 0.2) is 29.8 Å². The predicted molar refractivity (Wildman–Crippen MR) is 136 cm³/mol. The summed E-state index contributed by atoms with van der Waals surface area (Å²) >= 11 is 0. The molecule has 0 aromatic heterocycles. The van der Waals surface area contributed by atoms with E-state index < -0.39 is 5.60 Å². The van der Waals surface area contributed by atoms with Crippen LogP contribution in [0.2, 0.25) is 0 Å². The first-order valence-electron chi connectivity index (χ1n) is 13.4. The van der Waals surface area contributed by atoms with Crippen molar-refractivity contribution < 1.29 is 14.3 Å². The van der Waals surface area contributed by atoms with Gasteiger partial charge in [-0.25, -0.2) is 4.79 Å². The van der Waals surface area contributed by atoms with Crippen LogP contribution < -0.4 is 0 Å². The summed E-state index contributed by atoms with van der Waals surface area (Å²) < 4.78 is 11.1. The monoisotopic (exact) mass is 466 g/mol. The summed E-state index contributed by atoms with van der Waals surface area (Å²) in [5.74, 6) is 0.658. The van der Waals surface area contributed by atoms with Crippen LogP contribution in [0.25, 0.3) is 6.08 Å². The lowest BCUT2D eigenvalue weighted by atomic mass is 9.78. The van der Waals surface area contributed by atoms with Crippen molar-refractivity contribution in [3.8, 4) is 0 Å². The third-order valence-corrected chi connectivity index (χ3v) is 8.36. The van der Waals surface area contributed by atoms with Gasteiger partial charge in [0.25, 0.3) is 0 Å². The normalized spacial score (nSPS) is 25.9. The Hall–Kier alpha value is -1.85. The maximum absolute atomic E-state index is 12.4. The Balaban J connectivity index is 1.14. The van der Waals surface area contributed by atoms with Crippen LogP contribution >= 0.6 is 0 Å². The molecule has 1 aliphatic carbocycles. The molecule has 1 aromatic rings. The van der Waals surface area contributed by atoms with Crippen molar-refractivity contribution in [3.63, 3.8) is 0 Å². The van der Waals surface area contributed by atoms with E-state index in [0.29, 0.717) is 17.4 Å². The van der Waals surface area contributed by atoms with E-state index in [2.05, 4.69) is 35.2 Å². The van der Waals surface area contributed by atoms with Crippen molar-refractivity contribution in [1.82, 2.24) is 9.80 Å². The predicted octanol–water partition coefficient (Wildman–Crippen LogP) is 5.85. The molecule has 3 heterocycles. The topological polar surface area (TPSA) is 42.0 Å². The van der Waals surface area contributed by atoms with Gasteiger partial charge >= 0.3 is 6.09 Å². The highest BCUT2D eigenvalue weighted by Crippen LogP contribution is 2.48. The van der Waals surface area contributed by atoms with Crippen LogP contribution in [0.3, 0.4) is 0 Å². The highest BCUT2D eigenvalue weighted by molar-refractivity contribution is 5.69. The molecule has 5 heteroatoms. The number of rotatable bonds is 3. The van der Waals surface area contributed by atoms with Gasteiger partial charge in [0.2, 0.25) is 0 Å². The number of benzene rings is 1. The molecule has 5 nitrogen and oxygen atoms in total. The van der Waals surface area contributed by atoms with Crippen molar-refractivity contribution in [2.45, 2.75) is 83.3 Å². The summed E-state index contributed by atoms with van der Waals surface area (Å²) in [6.07, 6.45) is 10.7. The zero-order chi connectivity index (χ0) is 23.8. The Morgan fingerprint density at radius 1 is 1.09 bits per heavy atom. The molecule has 5 rings (SSSR count). The van der Waals surface area contributed by atoms with E-state index in [4.69, 9.17) is 9.47 Å². The zero-order valence-corrected chi connectivity index (χ0v) is 21.4. The number of ether oxygens (including phenoxy) is 2. The summed E-state index contributed by atoms with van der Waals surface area (Å²) in [5.41, 5.74) is 4.42. The molecular weight excluding hydrogens is 424 g/mol. The van der Waals surface area contributed by atoms with Crippen LogP contribution in [-0.4, -0.2) is 66.9 Å². The van der Waals surface area contributed by atoms with E-state index in [0.717, 1.165) is 39.1 Å². The van der Waals surface area contributed by atoms with E-state index in [-0.39, 0.29) is 6.09 Å². The van der Waals surface area contributed by atoms with E-state index in [9.17, 15) is 4.79 Å². The number of likely N-dealkylation sites (tertiary alicyclic amines) is 2. The molecule has 1 spiro atoms. The standard InChI is InChI=1S/C29H42N2O3/c1-28(2,3)34-27(32)31-20-29(21-31)13-8-25(19-29)30-14-9-23(10-15-30)26-7-5-4-6-24(26)18-22-11-16-33-17-12-22/h4-7,18,23,25H,8-17,19-21H2,1-3H3/t25-/m1/s1. The van der Waals surface area contributed by atoms with Crippen LogP contribution in [-0.2, 0) is 9.47 Å². The maximum Gasteiger partial charge on any atom is 0.410 e. The van der Waals surface area contributed by atoms with Crippen LogP contribution in [0.4, 0.5) is 4.79 Å². The van der Waals surface area contributed by atoms with Gasteiger partial charge in [0.1, 0.15) is 5.60 Å². The molecule has 0 bridgehead atoms. The van der Waals surface area contributed by atoms with Crippen LogP contribution in [0, 0.1) is 5.41 Å². The molecule has 1 saturated carbocycles. The molecule has 1 amide bonds. The molecule has 3 aliphatic heterocycles. The largest absolute Gasteiger partial charge is 0.444 e. The van der Waals surface area contributed by atoms with E-state index in [1.54, 1.807) is 0 Å². The molecule has 3 saturated heterocycles. The molecule has 0 radical (unpaired) electrons. The zero-order valence-electron chi connectivity index (χ0n) is 21.4. The molecule has 0 N–H and O–H groups in total. The highest BCUT2D eigenvalue weighted by atomic mass is 16.6.